The van der Waals surface area contributed by atoms with Crippen molar-refractivity contribution in [3.8, 4) is 5.69 Å². The number of rotatable bonds is 8. The van der Waals surface area contributed by atoms with E-state index < -0.39 is 0 Å². The number of benzene rings is 1. The van der Waals surface area contributed by atoms with Gasteiger partial charge in [-0.15, -0.1) is 24.0 Å². The molecule has 0 radical (unpaired) electrons. The Kier molecular flexibility index (Phi) is 9.54. The quantitative estimate of drug-likeness (QED) is 0.244. The fourth-order valence-corrected chi connectivity index (χ4v) is 3.63. The summed E-state index contributed by atoms with van der Waals surface area (Å²) < 4.78 is 7.47. The van der Waals surface area contributed by atoms with E-state index >= 15 is 0 Å². The molecule has 0 saturated heterocycles. The van der Waals surface area contributed by atoms with Crippen molar-refractivity contribution in [1.29, 1.82) is 0 Å². The maximum atomic E-state index is 5.49. The lowest BCUT2D eigenvalue weighted by atomic mass is 9.99. The summed E-state index contributed by atoms with van der Waals surface area (Å²) in [6, 6.07) is 12.2. The van der Waals surface area contributed by atoms with Crippen molar-refractivity contribution in [2.24, 2.45) is 4.99 Å². The summed E-state index contributed by atoms with van der Waals surface area (Å²) in [6.07, 6.45) is 2.13. The predicted molar refractivity (Wildman–Crippen MR) is 135 cm³/mol. The summed E-state index contributed by atoms with van der Waals surface area (Å²) >= 11 is 0. The smallest absolute Gasteiger partial charge is 0.191 e. The SMILES string of the molecule is CCC(CC)c1cc(CNC(=NC)NCc2c(C)nn(-c3ccccc3)c2C)on1.I. The Morgan fingerprint density at radius 2 is 1.77 bits per heavy atom. The zero-order valence-corrected chi connectivity index (χ0v) is 21.3. The summed E-state index contributed by atoms with van der Waals surface area (Å²) in [5.74, 6) is 1.97. The van der Waals surface area contributed by atoms with Gasteiger partial charge in [-0.05, 0) is 38.8 Å². The first-order valence-electron chi connectivity index (χ1n) is 10.6. The van der Waals surface area contributed by atoms with E-state index in [2.05, 4.69) is 53.7 Å². The normalized spacial score (nSPS) is 11.5. The van der Waals surface area contributed by atoms with Crippen molar-refractivity contribution in [3.05, 3.63) is 64.8 Å². The zero-order chi connectivity index (χ0) is 21.5. The molecule has 0 aliphatic heterocycles. The molecule has 0 aliphatic rings. The molecule has 0 bridgehead atoms. The molecule has 7 nitrogen and oxygen atoms in total. The number of halogens is 1. The minimum absolute atomic E-state index is 0. The lowest BCUT2D eigenvalue weighted by Gasteiger charge is -2.11. The first-order chi connectivity index (χ1) is 14.6. The second-order valence-corrected chi connectivity index (χ2v) is 7.41. The molecule has 3 aromatic rings. The molecule has 0 unspecified atom stereocenters. The average molecular weight is 536 g/mol. The van der Waals surface area contributed by atoms with Gasteiger partial charge < -0.3 is 15.2 Å². The van der Waals surface area contributed by atoms with Crippen LogP contribution >= 0.6 is 24.0 Å². The second-order valence-electron chi connectivity index (χ2n) is 7.41. The summed E-state index contributed by atoms with van der Waals surface area (Å²) in [5.41, 5.74) is 5.37. The van der Waals surface area contributed by atoms with Gasteiger partial charge >= 0.3 is 0 Å². The Labute approximate surface area is 201 Å². The van der Waals surface area contributed by atoms with Gasteiger partial charge in [-0.1, -0.05) is 37.2 Å². The molecule has 2 heterocycles. The van der Waals surface area contributed by atoms with Gasteiger partial charge in [0.15, 0.2) is 11.7 Å². The van der Waals surface area contributed by atoms with Crippen LogP contribution in [0.4, 0.5) is 0 Å². The Bertz CT molecular complexity index is 975. The highest BCUT2D eigenvalue weighted by Crippen LogP contribution is 2.22. The van der Waals surface area contributed by atoms with Gasteiger partial charge in [0, 0.05) is 36.8 Å². The molecule has 8 heteroatoms. The molecule has 2 N–H and O–H groups in total. The topological polar surface area (TPSA) is 80.3 Å². The van der Waals surface area contributed by atoms with Crippen LogP contribution in [0.3, 0.4) is 0 Å². The van der Waals surface area contributed by atoms with Gasteiger partial charge in [-0.3, -0.25) is 4.99 Å². The number of aryl methyl sites for hydroxylation is 1. The zero-order valence-electron chi connectivity index (χ0n) is 19.0. The first-order valence-corrected chi connectivity index (χ1v) is 10.6. The molecule has 0 spiro atoms. The van der Waals surface area contributed by atoms with E-state index in [0.717, 1.165) is 46.9 Å². The summed E-state index contributed by atoms with van der Waals surface area (Å²) in [4.78, 5) is 4.32. The van der Waals surface area contributed by atoms with E-state index in [0.29, 0.717) is 25.0 Å². The van der Waals surface area contributed by atoms with Gasteiger partial charge in [-0.2, -0.15) is 5.10 Å². The molecule has 0 amide bonds. The van der Waals surface area contributed by atoms with Crippen LogP contribution in [0, 0.1) is 13.8 Å². The Hall–Kier alpha value is -2.36. The lowest BCUT2D eigenvalue weighted by Crippen LogP contribution is -2.36. The van der Waals surface area contributed by atoms with Crippen LogP contribution in [0.2, 0.25) is 0 Å². The van der Waals surface area contributed by atoms with E-state index in [4.69, 9.17) is 9.62 Å². The number of nitrogens with one attached hydrogen (secondary N) is 2. The number of nitrogens with zero attached hydrogens (tertiary/aromatic N) is 4. The molecule has 3 rings (SSSR count). The van der Waals surface area contributed by atoms with Crippen LogP contribution in [0.25, 0.3) is 5.69 Å². The Morgan fingerprint density at radius 1 is 1.10 bits per heavy atom. The van der Waals surface area contributed by atoms with E-state index in [-0.39, 0.29) is 24.0 Å². The second kappa shape index (κ2) is 11.9. The predicted octanol–water partition coefficient (Wildman–Crippen LogP) is 4.86. The number of guanidine groups is 1. The number of hydrogen-bond acceptors (Lipinski definition) is 4. The fraction of sp³-hybridized carbons (Fsp3) is 0.435. The third-order valence-electron chi connectivity index (χ3n) is 5.51. The average Bonchev–Trinajstić information content (AvgIpc) is 3.35. The third kappa shape index (κ3) is 6.09. The Balaban J connectivity index is 0.00000341. The van der Waals surface area contributed by atoms with Crippen molar-refractivity contribution < 1.29 is 4.52 Å². The molecule has 168 valence electrons. The highest BCUT2D eigenvalue weighted by Gasteiger charge is 2.15. The lowest BCUT2D eigenvalue weighted by molar-refractivity contribution is 0.368. The third-order valence-corrected chi connectivity index (χ3v) is 5.51. The molecular weight excluding hydrogens is 503 g/mol. The molecular formula is C23H33IN6O. The molecule has 0 saturated carbocycles. The van der Waals surface area contributed by atoms with Gasteiger partial charge in [-0.25, -0.2) is 4.68 Å². The van der Waals surface area contributed by atoms with Crippen molar-refractivity contribution in [2.75, 3.05) is 7.05 Å². The van der Waals surface area contributed by atoms with Crippen LogP contribution in [0.5, 0.6) is 0 Å². The van der Waals surface area contributed by atoms with Gasteiger partial charge in [0.2, 0.25) is 0 Å². The van der Waals surface area contributed by atoms with Crippen LogP contribution in [0.15, 0.2) is 45.9 Å². The van der Waals surface area contributed by atoms with E-state index in [1.807, 2.05) is 35.9 Å². The molecule has 0 atom stereocenters. The van der Waals surface area contributed by atoms with Crippen LogP contribution in [0.1, 0.15) is 61.0 Å². The van der Waals surface area contributed by atoms with Crippen molar-refractivity contribution in [3.63, 3.8) is 0 Å². The van der Waals surface area contributed by atoms with Gasteiger partial charge in [0.25, 0.3) is 0 Å². The van der Waals surface area contributed by atoms with Crippen molar-refractivity contribution in [1.82, 2.24) is 25.6 Å². The van der Waals surface area contributed by atoms with Gasteiger partial charge in [0.1, 0.15) is 0 Å². The van der Waals surface area contributed by atoms with E-state index in [9.17, 15) is 0 Å². The minimum Gasteiger partial charge on any atom is -0.359 e. The summed E-state index contributed by atoms with van der Waals surface area (Å²) in [5, 5.41) is 15.6. The molecule has 1 aromatic carbocycles. The Morgan fingerprint density at radius 3 is 2.42 bits per heavy atom. The molecule has 0 fully saturated rings. The minimum atomic E-state index is 0. The highest BCUT2D eigenvalue weighted by atomic mass is 127. The number of aromatic nitrogens is 3. The van der Waals surface area contributed by atoms with Gasteiger partial charge in [0.05, 0.1) is 23.6 Å². The highest BCUT2D eigenvalue weighted by molar-refractivity contribution is 14.0. The maximum Gasteiger partial charge on any atom is 0.191 e. The largest absolute Gasteiger partial charge is 0.359 e. The summed E-state index contributed by atoms with van der Waals surface area (Å²) in [6.45, 7) is 9.65. The number of para-hydroxylation sites is 1. The fourth-order valence-electron chi connectivity index (χ4n) is 3.63. The van der Waals surface area contributed by atoms with Crippen LogP contribution in [-0.4, -0.2) is 27.9 Å². The monoisotopic (exact) mass is 536 g/mol. The van der Waals surface area contributed by atoms with Crippen molar-refractivity contribution in [2.45, 2.75) is 59.5 Å². The number of aliphatic imine (C=N–C) groups is 1. The number of hydrogen-bond donors (Lipinski definition) is 2. The first kappa shape index (κ1) is 24.9. The molecule has 0 aliphatic carbocycles. The van der Waals surface area contributed by atoms with E-state index in [1.54, 1.807) is 7.05 Å². The van der Waals surface area contributed by atoms with Crippen LogP contribution in [-0.2, 0) is 13.1 Å². The van der Waals surface area contributed by atoms with E-state index in [1.165, 1.54) is 0 Å². The molecule has 2 aromatic heterocycles. The summed E-state index contributed by atoms with van der Waals surface area (Å²) in [7, 11) is 1.76. The van der Waals surface area contributed by atoms with Crippen LogP contribution < -0.4 is 10.6 Å². The maximum absolute atomic E-state index is 5.49. The van der Waals surface area contributed by atoms with Crippen molar-refractivity contribution >= 4 is 29.9 Å². The standard InChI is InChI=1S/C23H32N6O.HI/c1-6-18(7-2)22-13-20(30-28-22)14-25-23(24-5)26-15-21-16(3)27-29(17(21)4)19-11-9-8-10-12-19;/h8-13,18H,6-7,14-15H2,1-5H3,(H2,24,25,26);1H. The molecule has 31 heavy (non-hydrogen) atoms.